The molecule has 4 nitrogen and oxygen atoms in total. The number of aromatic hydroxyl groups is 1. The van der Waals surface area contributed by atoms with E-state index in [4.69, 9.17) is 5.11 Å². The van der Waals surface area contributed by atoms with Crippen LogP contribution in [-0.4, -0.2) is 23.2 Å². The van der Waals surface area contributed by atoms with E-state index < -0.39 is 5.97 Å². The summed E-state index contributed by atoms with van der Waals surface area (Å²) < 4.78 is 0. The first-order valence-electron chi connectivity index (χ1n) is 8.42. The third-order valence-electron chi connectivity index (χ3n) is 4.54. The maximum Gasteiger partial charge on any atom is 0.339 e. The third-order valence-corrected chi connectivity index (χ3v) is 5.79. The Bertz CT molecular complexity index is 1120. The number of thioether (sulfide) groups is 1. The number of nitrogens with zero attached hydrogens (tertiary/aromatic N) is 1. The molecule has 0 spiro atoms. The lowest BCUT2D eigenvalue weighted by Gasteiger charge is -2.13. The Kier molecular flexibility index (Phi) is 4.38. The first-order chi connectivity index (χ1) is 13.0. The minimum absolute atomic E-state index is 0.101. The van der Waals surface area contributed by atoms with Crippen LogP contribution < -0.4 is 4.90 Å². The van der Waals surface area contributed by atoms with Gasteiger partial charge in [0.1, 0.15) is 11.3 Å². The van der Waals surface area contributed by atoms with Crippen LogP contribution >= 0.6 is 11.8 Å². The standard InChI is InChI=1S/C22H17NO3S/c1-23-18-11-10-15-6-2-3-7-16(15)21(18)27-20(23)8-4-5-14-9-12-19(24)17(13-14)22(25)26/h2-13,24H,1H3,(H,25,26)/b5-4+,20-8-. The zero-order valence-corrected chi connectivity index (χ0v) is 15.4. The molecule has 0 amide bonds. The van der Waals surface area contributed by atoms with Crippen LogP contribution in [-0.2, 0) is 0 Å². The predicted molar refractivity (Wildman–Crippen MR) is 110 cm³/mol. The van der Waals surface area contributed by atoms with Crippen molar-refractivity contribution >= 4 is 40.3 Å². The fourth-order valence-electron chi connectivity index (χ4n) is 3.11. The molecule has 0 saturated heterocycles. The van der Waals surface area contributed by atoms with Gasteiger partial charge in [-0.2, -0.15) is 0 Å². The van der Waals surface area contributed by atoms with Crippen molar-refractivity contribution in [1.82, 2.24) is 0 Å². The summed E-state index contributed by atoms with van der Waals surface area (Å²) in [5.41, 5.74) is 1.79. The Morgan fingerprint density at radius 2 is 1.93 bits per heavy atom. The summed E-state index contributed by atoms with van der Waals surface area (Å²) in [6.07, 6.45) is 5.73. The first kappa shape index (κ1) is 17.2. The van der Waals surface area contributed by atoms with Crippen LogP contribution in [0.25, 0.3) is 16.8 Å². The van der Waals surface area contributed by atoms with Gasteiger partial charge in [-0.3, -0.25) is 0 Å². The average Bonchev–Trinajstić information content (AvgIpc) is 2.99. The van der Waals surface area contributed by atoms with Crippen molar-refractivity contribution in [2.45, 2.75) is 4.90 Å². The molecule has 5 heteroatoms. The van der Waals surface area contributed by atoms with Crippen LogP contribution in [0.5, 0.6) is 5.75 Å². The van der Waals surface area contributed by atoms with E-state index in [9.17, 15) is 9.90 Å². The number of hydrogen-bond acceptors (Lipinski definition) is 4. The highest BCUT2D eigenvalue weighted by Crippen LogP contribution is 2.48. The molecule has 0 atom stereocenters. The van der Waals surface area contributed by atoms with Crippen LogP contribution in [0.4, 0.5) is 5.69 Å². The van der Waals surface area contributed by atoms with Gasteiger partial charge in [0.05, 0.1) is 10.7 Å². The Labute approximate surface area is 161 Å². The fourth-order valence-corrected chi connectivity index (χ4v) is 4.31. The summed E-state index contributed by atoms with van der Waals surface area (Å²) in [6, 6.07) is 17.2. The van der Waals surface area contributed by atoms with Gasteiger partial charge in [0, 0.05) is 11.9 Å². The highest BCUT2D eigenvalue weighted by atomic mass is 32.2. The number of carboxylic acids is 1. The minimum Gasteiger partial charge on any atom is -0.507 e. The van der Waals surface area contributed by atoms with Crippen molar-refractivity contribution in [2.75, 3.05) is 11.9 Å². The Morgan fingerprint density at radius 1 is 1.11 bits per heavy atom. The van der Waals surface area contributed by atoms with Crippen LogP contribution in [0.3, 0.4) is 0 Å². The van der Waals surface area contributed by atoms with Crippen molar-refractivity contribution in [1.29, 1.82) is 0 Å². The van der Waals surface area contributed by atoms with Crippen molar-refractivity contribution in [3.63, 3.8) is 0 Å². The number of rotatable bonds is 3. The van der Waals surface area contributed by atoms with E-state index in [1.165, 1.54) is 33.5 Å². The lowest BCUT2D eigenvalue weighted by atomic mass is 10.1. The van der Waals surface area contributed by atoms with Gasteiger partial charge in [0.15, 0.2) is 0 Å². The fraction of sp³-hybridized carbons (Fsp3) is 0.0455. The molecule has 27 heavy (non-hydrogen) atoms. The molecule has 1 aliphatic rings. The molecule has 0 saturated carbocycles. The van der Waals surface area contributed by atoms with Crippen molar-refractivity contribution < 1.29 is 15.0 Å². The Balaban J connectivity index is 1.62. The number of aromatic carboxylic acids is 1. The molecule has 0 aliphatic carbocycles. The second kappa shape index (κ2) is 6.85. The monoisotopic (exact) mass is 375 g/mol. The van der Waals surface area contributed by atoms with E-state index >= 15 is 0 Å². The average molecular weight is 375 g/mol. The summed E-state index contributed by atoms with van der Waals surface area (Å²) in [6.45, 7) is 0. The summed E-state index contributed by atoms with van der Waals surface area (Å²) in [5.74, 6) is -1.37. The Hall–Kier alpha value is -3.18. The number of phenols is 1. The smallest absolute Gasteiger partial charge is 0.339 e. The summed E-state index contributed by atoms with van der Waals surface area (Å²) in [7, 11) is 2.04. The summed E-state index contributed by atoms with van der Waals surface area (Å²) in [4.78, 5) is 14.5. The minimum atomic E-state index is -1.14. The van der Waals surface area contributed by atoms with Crippen LogP contribution in [0.2, 0.25) is 0 Å². The van der Waals surface area contributed by atoms with Gasteiger partial charge in [-0.1, -0.05) is 60.3 Å². The third kappa shape index (κ3) is 3.17. The van der Waals surface area contributed by atoms with Gasteiger partial charge < -0.3 is 15.1 Å². The molecule has 0 bridgehead atoms. The SMILES string of the molecule is CN1/C(=C/C=C/c2ccc(O)c(C(=O)O)c2)Sc2c1ccc1ccccc21. The van der Waals surface area contributed by atoms with Gasteiger partial charge in [0.2, 0.25) is 0 Å². The van der Waals surface area contributed by atoms with Gasteiger partial charge >= 0.3 is 5.97 Å². The predicted octanol–water partition coefficient (Wildman–Crippen LogP) is 5.34. The van der Waals surface area contributed by atoms with Gasteiger partial charge in [-0.05, 0) is 40.6 Å². The molecule has 2 N–H and O–H groups in total. The van der Waals surface area contributed by atoms with E-state index in [1.54, 1.807) is 17.8 Å². The number of carbonyl (C=O) groups is 1. The molecule has 134 valence electrons. The van der Waals surface area contributed by atoms with E-state index in [2.05, 4.69) is 35.2 Å². The molecule has 0 aromatic heterocycles. The maximum absolute atomic E-state index is 11.1. The second-order valence-electron chi connectivity index (χ2n) is 6.24. The molecule has 1 heterocycles. The van der Waals surface area contributed by atoms with Crippen molar-refractivity contribution in [3.05, 3.63) is 82.9 Å². The van der Waals surface area contributed by atoms with E-state index in [0.29, 0.717) is 0 Å². The quantitative estimate of drug-likeness (QED) is 0.647. The molecule has 0 radical (unpaired) electrons. The lowest BCUT2D eigenvalue weighted by Crippen LogP contribution is -2.08. The highest BCUT2D eigenvalue weighted by molar-refractivity contribution is 8.04. The zero-order chi connectivity index (χ0) is 19.0. The molecule has 1 aliphatic heterocycles. The molecule has 0 fully saturated rings. The number of allylic oxidation sites excluding steroid dienone is 2. The van der Waals surface area contributed by atoms with E-state index in [1.807, 2.05) is 31.3 Å². The van der Waals surface area contributed by atoms with E-state index in [0.717, 1.165) is 10.6 Å². The number of carboxylic acid groups (broad SMARTS) is 1. The highest BCUT2D eigenvalue weighted by Gasteiger charge is 2.23. The maximum atomic E-state index is 11.1. The second-order valence-corrected chi connectivity index (χ2v) is 7.27. The molecule has 3 aromatic carbocycles. The topological polar surface area (TPSA) is 60.8 Å². The normalized spacial score (nSPS) is 15.0. The lowest BCUT2D eigenvalue weighted by molar-refractivity contribution is 0.0693. The molecular weight excluding hydrogens is 358 g/mol. The van der Waals surface area contributed by atoms with Gasteiger partial charge in [0.25, 0.3) is 0 Å². The van der Waals surface area contributed by atoms with Crippen molar-refractivity contribution in [3.8, 4) is 5.75 Å². The summed E-state index contributed by atoms with van der Waals surface area (Å²) in [5, 5.41) is 22.3. The molecule has 3 aromatic rings. The van der Waals surface area contributed by atoms with Crippen LogP contribution in [0, 0.1) is 0 Å². The molecule has 0 unspecified atom stereocenters. The summed E-state index contributed by atoms with van der Waals surface area (Å²) >= 11 is 1.72. The molecule has 4 rings (SSSR count). The van der Waals surface area contributed by atoms with Gasteiger partial charge in [-0.25, -0.2) is 4.79 Å². The number of benzene rings is 3. The number of anilines is 1. The van der Waals surface area contributed by atoms with Gasteiger partial charge in [-0.15, -0.1) is 0 Å². The number of fused-ring (bicyclic) bond motifs is 3. The van der Waals surface area contributed by atoms with E-state index in [-0.39, 0.29) is 11.3 Å². The first-order valence-corrected chi connectivity index (χ1v) is 9.24. The van der Waals surface area contributed by atoms with Crippen LogP contribution in [0.1, 0.15) is 15.9 Å². The Morgan fingerprint density at radius 3 is 2.74 bits per heavy atom. The van der Waals surface area contributed by atoms with Crippen LogP contribution in [0.15, 0.2) is 76.7 Å². The molecular formula is C22H17NO3S. The zero-order valence-electron chi connectivity index (χ0n) is 14.6. The largest absolute Gasteiger partial charge is 0.507 e. The van der Waals surface area contributed by atoms with Crippen molar-refractivity contribution in [2.24, 2.45) is 0 Å². The number of hydrogen-bond donors (Lipinski definition) is 2.